The Morgan fingerprint density at radius 2 is 2.06 bits per heavy atom. The topological polar surface area (TPSA) is 58.7 Å². The molecule has 0 saturated carbocycles. The predicted octanol–water partition coefficient (Wildman–Crippen LogP) is 0.593. The summed E-state index contributed by atoms with van der Waals surface area (Å²) in [5.41, 5.74) is 8.41. The quantitative estimate of drug-likeness (QED) is 0.735. The minimum Gasteiger partial charge on any atom is -0.398 e. The number of aliphatic hydroxyl groups excluding tert-OH is 1. The van der Waals surface area contributed by atoms with E-state index in [1.54, 1.807) is 0 Å². The normalized spacial score (nSPS) is 17.6. The maximum Gasteiger partial charge on any atom is 0.0702 e. The number of hydrogen-bond acceptors (Lipinski definition) is 4. The molecule has 0 spiro atoms. The molecule has 0 atom stereocenters. The molecule has 1 aliphatic heterocycles. The molecule has 0 aliphatic carbocycles. The van der Waals surface area contributed by atoms with Gasteiger partial charge in [-0.2, -0.15) is 0 Å². The van der Waals surface area contributed by atoms with Gasteiger partial charge in [0.1, 0.15) is 0 Å². The zero-order valence-electron chi connectivity index (χ0n) is 9.35. The van der Waals surface area contributed by atoms with E-state index in [0.717, 1.165) is 38.4 Å². The van der Waals surface area contributed by atoms with Crippen LogP contribution in [0, 0.1) is 0 Å². The summed E-state index contributed by atoms with van der Waals surface area (Å²) >= 11 is 0. The van der Waals surface area contributed by atoms with Crippen molar-refractivity contribution in [1.29, 1.82) is 0 Å². The second-order valence-corrected chi connectivity index (χ2v) is 4.08. The first-order chi connectivity index (χ1) is 7.79. The number of aliphatic hydroxyl groups is 1. The van der Waals surface area contributed by atoms with Crippen LogP contribution in [0.2, 0.25) is 0 Å². The number of nitrogens with zero attached hydrogens (tertiary/aromatic N) is 1. The second kappa shape index (κ2) is 5.30. The van der Waals surface area contributed by atoms with E-state index in [1.807, 2.05) is 18.2 Å². The molecule has 0 amide bonds. The fourth-order valence-electron chi connectivity index (χ4n) is 1.91. The van der Waals surface area contributed by atoms with Crippen LogP contribution in [0.5, 0.6) is 0 Å². The number of nitrogen functional groups attached to an aromatic ring is 1. The van der Waals surface area contributed by atoms with Gasteiger partial charge in [0.05, 0.1) is 19.8 Å². The van der Waals surface area contributed by atoms with E-state index in [2.05, 4.69) is 4.90 Å². The summed E-state index contributed by atoms with van der Waals surface area (Å²) in [6.07, 6.45) is 0. The molecule has 1 aliphatic rings. The molecule has 0 bridgehead atoms. The Balaban J connectivity index is 2.03. The van der Waals surface area contributed by atoms with Crippen LogP contribution in [0.25, 0.3) is 0 Å². The van der Waals surface area contributed by atoms with Crippen LogP contribution < -0.4 is 5.73 Å². The van der Waals surface area contributed by atoms with Gasteiger partial charge in [-0.3, -0.25) is 4.90 Å². The third kappa shape index (κ3) is 2.72. The van der Waals surface area contributed by atoms with Crippen molar-refractivity contribution in [2.75, 3.05) is 32.0 Å². The third-order valence-corrected chi connectivity index (χ3v) is 2.89. The third-order valence-electron chi connectivity index (χ3n) is 2.89. The predicted molar refractivity (Wildman–Crippen MR) is 62.9 cm³/mol. The summed E-state index contributed by atoms with van der Waals surface area (Å²) in [4.78, 5) is 2.34. The highest BCUT2D eigenvalue weighted by Crippen LogP contribution is 2.16. The molecular formula is C12H18N2O2. The van der Waals surface area contributed by atoms with Crippen LogP contribution >= 0.6 is 0 Å². The van der Waals surface area contributed by atoms with Crippen molar-refractivity contribution in [1.82, 2.24) is 4.90 Å². The Morgan fingerprint density at radius 1 is 1.31 bits per heavy atom. The molecule has 1 fully saturated rings. The molecule has 1 aromatic carbocycles. The molecule has 1 aromatic rings. The molecular weight excluding hydrogens is 204 g/mol. The fourth-order valence-corrected chi connectivity index (χ4v) is 1.91. The van der Waals surface area contributed by atoms with Gasteiger partial charge >= 0.3 is 0 Å². The zero-order valence-corrected chi connectivity index (χ0v) is 9.35. The minimum absolute atomic E-state index is 0.00276. The number of nitrogens with two attached hydrogens (primary N) is 1. The van der Waals surface area contributed by atoms with Gasteiger partial charge < -0.3 is 15.6 Å². The summed E-state index contributed by atoms with van der Waals surface area (Å²) in [5, 5.41) is 9.14. The standard InChI is InChI=1S/C12H18N2O2/c13-12-2-1-10(7-11(12)9-15)8-14-3-5-16-6-4-14/h1-2,7,15H,3-6,8-9,13H2. The lowest BCUT2D eigenvalue weighted by Gasteiger charge is -2.26. The molecule has 1 saturated heterocycles. The van der Waals surface area contributed by atoms with Crippen molar-refractivity contribution in [3.63, 3.8) is 0 Å². The monoisotopic (exact) mass is 222 g/mol. The van der Waals surface area contributed by atoms with Gasteiger partial charge in [-0.15, -0.1) is 0 Å². The number of morpholine rings is 1. The highest BCUT2D eigenvalue weighted by Gasteiger charge is 2.11. The van der Waals surface area contributed by atoms with Crippen LogP contribution in [-0.2, 0) is 17.9 Å². The second-order valence-electron chi connectivity index (χ2n) is 4.08. The molecule has 1 heterocycles. The van der Waals surface area contributed by atoms with Crippen LogP contribution in [0.15, 0.2) is 18.2 Å². The van der Waals surface area contributed by atoms with Crippen molar-refractivity contribution in [2.24, 2.45) is 0 Å². The summed E-state index contributed by atoms with van der Waals surface area (Å²) in [7, 11) is 0. The van der Waals surface area contributed by atoms with Crippen molar-refractivity contribution < 1.29 is 9.84 Å². The van der Waals surface area contributed by atoms with Crippen LogP contribution in [0.4, 0.5) is 5.69 Å². The van der Waals surface area contributed by atoms with Crippen molar-refractivity contribution >= 4 is 5.69 Å². The number of rotatable bonds is 3. The molecule has 2 rings (SSSR count). The highest BCUT2D eigenvalue weighted by atomic mass is 16.5. The molecule has 0 aromatic heterocycles. The highest BCUT2D eigenvalue weighted by molar-refractivity contribution is 5.48. The largest absolute Gasteiger partial charge is 0.398 e. The molecule has 16 heavy (non-hydrogen) atoms. The lowest BCUT2D eigenvalue weighted by Crippen LogP contribution is -2.35. The van der Waals surface area contributed by atoms with Gasteiger partial charge in [0, 0.05) is 30.9 Å². The SMILES string of the molecule is Nc1ccc(CN2CCOCC2)cc1CO. The maximum atomic E-state index is 9.14. The molecule has 4 nitrogen and oxygen atoms in total. The number of benzene rings is 1. The Kier molecular flexibility index (Phi) is 3.77. The fraction of sp³-hybridized carbons (Fsp3) is 0.500. The number of anilines is 1. The summed E-state index contributed by atoms with van der Waals surface area (Å²) in [5.74, 6) is 0. The van der Waals surface area contributed by atoms with E-state index in [4.69, 9.17) is 15.6 Å². The average Bonchev–Trinajstić information content (AvgIpc) is 2.33. The van der Waals surface area contributed by atoms with Gasteiger partial charge in [-0.05, 0) is 11.6 Å². The van der Waals surface area contributed by atoms with Gasteiger partial charge in [-0.1, -0.05) is 12.1 Å². The first kappa shape index (κ1) is 11.4. The minimum atomic E-state index is 0.00276. The molecule has 88 valence electrons. The van der Waals surface area contributed by atoms with E-state index < -0.39 is 0 Å². The molecule has 4 heteroatoms. The first-order valence-electron chi connectivity index (χ1n) is 5.58. The van der Waals surface area contributed by atoms with E-state index in [1.165, 1.54) is 5.56 Å². The average molecular weight is 222 g/mol. The van der Waals surface area contributed by atoms with Gasteiger partial charge in [0.15, 0.2) is 0 Å². The first-order valence-corrected chi connectivity index (χ1v) is 5.58. The Hall–Kier alpha value is -1.10. The number of ether oxygens (including phenoxy) is 1. The summed E-state index contributed by atoms with van der Waals surface area (Å²) in [6.45, 7) is 4.46. The number of hydrogen-bond donors (Lipinski definition) is 2. The lowest BCUT2D eigenvalue weighted by atomic mass is 10.1. The molecule has 3 N–H and O–H groups in total. The van der Waals surface area contributed by atoms with Gasteiger partial charge in [0.25, 0.3) is 0 Å². The molecule has 0 radical (unpaired) electrons. The smallest absolute Gasteiger partial charge is 0.0702 e. The lowest BCUT2D eigenvalue weighted by molar-refractivity contribution is 0.0342. The van der Waals surface area contributed by atoms with E-state index in [0.29, 0.717) is 5.69 Å². The van der Waals surface area contributed by atoms with E-state index in [-0.39, 0.29) is 6.61 Å². The summed E-state index contributed by atoms with van der Waals surface area (Å²) < 4.78 is 5.30. The van der Waals surface area contributed by atoms with Crippen LogP contribution in [0.1, 0.15) is 11.1 Å². The summed E-state index contributed by atoms with van der Waals surface area (Å²) in [6, 6.07) is 5.86. The van der Waals surface area contributed by atoms with Crippen molar-refractivity contribution in [2.45, 2.75) is 13.2 Å². The van der Waals surface area contributed by atoms with Gasteiger partial charge in [-0.25, -0.2) is 0 Å². The Bertz CT molecular complexity index is 349. The Morgan fingerprint density at radius 3 is 2.75 bits per heavy atom. The van der Waals surface area contributed by atoms with Crippen molar-refractivity contribution in [3.8, 4) is 0 Å². The van der Waals surface area contributed by atoms with Crippen LogP contribution in [0.3, 0.4) is 0 Å². The van der Waals surface area contributed by atoms with Crippen molar-refractivity contribution in [3.05, 3.63) is 29.3 Å². The van der Waals surface area contributed by atoms with E-state index in [9.17, 15) is 0 Å². The Labute approximate surface area is 95.6 Å². The zero-order chi connectivity index (χ0) is 11.4. The molecule has 0 unspecified atom stereocenters. The van der Waals surface area contributed by atoms with Gasteiger partial charge in [0.2, 0.25) is 0 Å². The van der Waals surface area contributed by atoms with E-state index >= 15 is 0 Å². The van der Waals surface area contributed by atoms with Crippen LogP contribution in [-0.4, -0.2) is 36.3 Å². The maximum absolute atomic E-state index is 9.14.